The highest BCUT2D eigenvalue weighted by molar-refractivity contribution is 8.00. The quantitative estimate of drug-likeness (QED) is 0.768. The van der Waals surface area contributed by atoms with Gasteiger partial charge in [0.25, 0.3) is 0 Å². The summed E-state index contributed by atoms with van der Waals surface area (Å²) in [5.41, 5.74) is 0. The Morgan fingerprint density at radius 1 is 1.58 bits per heavy atom. The molecule has 1 aromatic heterocycles. The average Bonchev–Trinajstić information content (AvgIpc) is 2.85. The number of pyridine rings is 1. The zero-order valence-corrected chi connectivity index (χ0v) is 7.50. The lowest BCUT2D eigenvalue weighted by Crippen LogP contribution is -1.89. The van der Waals surface area contributed by atoms with Gasteiger partial charge in [-0.25, -0.2) is 4.98 Å². The molecule has 1 heterocycles. The maximum absolute atomic E-state index is 8.82. The summed E-state index contributed by atoms with van der Waals surface area (Å²) in [7, 11) is 0. The first-order valence-electron chi connectivity index (χ1n) is 4.08. The second-order valence-corrected chi connectivity index (χ2v) is 4.26. The molecule has 64 valence electrons. The summed E-state index contributed by atoms with van der Waals surface area (Å²) in [6.07, 6.45) is 2.94. The molecule has 0 aliphatic heterocycles. The van der Waals surface area contributed by atoms with Crippen molar-refractivity contribution in [3.8, 4) is 0 Å². The Balaban J connectivity index is 1.89. The molecule has 0 spiro atoms. The number of rotatable bonds is 3. The number of hydrogen-bond acceptors (Lipinski definition) is 3. The van der Waals surface area contributed by atoms with E-state index in [0.29, 0.717) is 17.8 Å². The van der Waals surface area contributed by atoms with E-state index in [-0.39, 0.29) is 0 Å². The van der Waals surface area contributed by atoms with E-state index in [0.717, 1.165) is 11.4 Å². The topological polar surface area (TPSA) is 33.1 Å². The molecule has 0 bridgehead atoms. The molecule has 0 radical (unpaired) electrons. The maximum Gasteiger partial charge on any atom is 0.0962 e. The molecule has 1 aliphatic carbocycles. The molecule has 1 saturated carbocycles. The predicted molar refractivity (Wildman–Crippen MR) is 49.1 cm³/mol. The van der Waals surface area contributed by atoms with Crippen molar-refractivity contribution in [2.45, 2.75) is 16.7 Å². The molecule has 0 aromatic carbocycles. The summed E-state index contributed by atoms with van der Waals surface area (Å²) in [6.45, 7) is 0.324. The summed E-state index contributed by atoms with van der Waals surface area (Å²) >= 11 is 1.77. The van der Waals surface area contributed by atoms with E-state index in [9.17, 15) is 0 Å². The first-order valence-corrected chi connectivity index (χ1v) is 4.96. The molecular formula is C9H11NOS. The summed E-state index contributed by atoms with van der Waals surface area (Å²) in [5.74, 6) is 0.511. The zero-order valence-electron chi connectivity index (χ0n) is 6.68. The van der Waals surface area contributed by atoms with Crippen LogP contribution in [0.25, 0.3) is 0 Å². The second-order valence-electron chi connectivity index (χ2n) is 3.00. The third kappa shape index (κ3) is 1.79. The molecule has 2 unspecified atom stereocenters. The maximum atomic E-state index is 8.82. The number of aromatic nitrogens is 1. The fraction of sp³-hybridized carbons (Fsp3) is 0.444. The number of nitrogens with zero attached hydrogens (tertiary/aromatic N) is 1. The van der Waals surface area contributed by atoms with Crippen molar-refractivity contribution in [2.24, 2.45) is 5.92 Å². The van der Waals surface area contributed by atoms with Crippen LogP contribution in [0.2, 0.25) is 0 Å². The van der Waals surface area contributed by atoms with Crippen LogP contribution in [-0.4, -0.2) is 21.9 Å². The molecule has 1 fully saturated rings. The third-order valence-corrected chi connectivity index (χ3v) is 3.37. The summed E-state index contributed by atoms with van der Waals surface area (Å²) in [5, 5.41) is 10.5. The molecule has 2 rings (SSSR count). The molecule has 1 aromatic rings. The van der Waals surface area contributed by atoms with Gasteiger partial charge in [-0.2, -0.15) is 0 Å². The Labute approximate surface area is 76.0 Å². The highest BCUT2D eigenvalue weighted by Gasteiger charge is 2.37. The van der Waals surface area contributed by atoms with E-state index >= 15 is 0 Å². The number of aliphatic hydroxyl groups is 1. The van der Waals surface area contributed by atoms with E-state index in [1.165, 1.54) is 0 Å². The second kappa shape index (κ2) is 3.46. The van der Waals surface area contributed by atoms with Gasteiger partial charge in [0, 0.05) is 18.1 Å². The first-order chi connectivity index (χ1) is 5.90. The monoisotopic (exact) mass is 181 g/mol. The van der Waals surface area contributed by atoms with Crippen LogP contribution in [0.4, 0.5) is 0 Å². The van der Waals surface area contributed by atoms with Crippen LogP contribution in [0, 0.1) is 5.92 Å². The lowest BCUT2D eigenvalue weighted by molar-refractivity contribution is 0.277. The Morgan fingerprint density at radius 3 is 3.08 bits per heavy atom. The number of thioether (sulfide) groups is 1. The smallest absolute Gasteiger partial charge is 0.0962 e. The van der Waals surface area contributed by atoms with E-state index in [1.807, 2.05) is 18.2 Å². The lowest BCUT2D eigenvalue weighted by Gasteiger charge is -1.96. The van der Waals surface area contributed by atoms with E-state index < -0.39 is 0 Å². The van der Waals surface area contributed by atoms with Gasteiger partial charge in [-0.15, -0.1) is 11.8 Å². The van der Waals surface area contributed by atoms with Gasteiger partial charge in [0.15, 0.2) is 0 Å². The van der Waals surface area contributed by atoms with Crippen LogP contribution in [0.5, 0.6) is 0 Å². The van der Waals surface area contributed by atoms with E-state index in [1.54, 1.807) is 18.0 Å². The van der Waals surface area contributed by atoms with E-state index in [4.69, 9.17) is 5.11 Å². The fourth-order valence-electron chi connectivity index (χ4n) is 1.13. The highest BCUT2D eigenvalue weighted by Crippen LogP contribution is 2.43. The largest absolute Gasteiger partial charge is 0.396 e. The van der Waals surface area contributed by atoms with Crippen molar-refractivity contribution in [3.63, 3.8) is 0 Å². The SMILES string of the molecule is OCC1CC1Sc1ccccn1. The highest BCUT2D eigenvalue weighted by atomic mass is 32.2. The van der Waals surface area contributed by atoms with Crippen molar-refractivity contribution in [1.29, 1.82) is 0 Å². The minimum absolute atomic E-state index is 0.324. The normalized spacial score (nSPS) is 27.1. The molecule has 0 amide bonds. The van der Waals surface area contributed by atoms with Gasteiger partial charge >= 0.3 is 0 Å². The molecule has 2 nitrogen and oxygen atoms in total. The van der Waals surface area contributed by atoms with Gasteiger partial charge in [-0.05, 0) is 24.5 Å². The van der Waals surface area contributed by atoms with Gasteiger partial charge in [0.2, 0.25) is 0 Å². The molecule has 2 atom stereocenters. The molecular weight excluding hydrogens is 170 g/mol. The van der Waals surface area contributed by atoms with Gasteiger partial charge in [0.05, 0.1) is 5.03 Å². The third-order valence-electron chi connectivity index (χ3n) is 2.00. The van der Waals surface area contributed by atoms with Crippen molar-refractivity contribution in [1.82, 2.24) is 4.98 Å². The van der Waals surface area contributed by atoms with Crippen LogP contribution >= 0.6 is 11.8 Å². The van der Waals surface area contributed by atoms with Crippen LogP contribution < -0.4 is 0 Å². The summed E-state index contributed by atoms with van der Waals surface area (Å²) < 4.78 is 0. The van der Waals surface area contributed by atoms with Gasteiger partial charge in [-0.1, -0.05) is 6.07 Å². The van der Waals surface area contributed by atoms with Crippen molar-refractivity contribution < 1.29 is 5.11 Å². The minimum atomic E-state index is 0.324. The zero-order chi connectivity index (χ0) is 8.39. The Morgan fingerprint density at radius 2 is 2.50 bits per heavy atom. The van der Waals surface area contributed by atoms with Gasteiger partial charge < -0.3 is 5.11 Å². The summed E-state index contributed by atoms with van der Waals surface area (Å²) in [4.78, 5) is 4.21. The number of aliphatic hydroxyl groups excluding tert-OH is 1. The first kappa shape index (κ1) is 8.08. The number of hydrogen-bond donors (Lipinski definition) is 1. The van der Waals surface area contributed by atoms with E-state index in [2.05, 4.69) is 4.98 Å². The minimum Gasteiger partial charge on any atom is -0.396 e. The van der Waals surface area contributed by atoms with Crippen LogP contribution in [0.1, 0.15) is 6.42 Å². The van der Waals surface area contributed by atoms with Gasteiger partial charge in [-0.3, -0.25) is 0 Å². The Hall–Kier alpha value is -0.540. The van der Waals surface area contributed by atoms with Crippen LogP contribution in [0.15, 0.2) is 29.4 Å². The van der Waals surface area contributed by atoms with Crippen LogP contribution in [-0.2, 0) is 0 Å². The van der Waals surface area contributed by atoms with Crippen molar-refractivity contribution >= 4 is 11.8 Å². The molecule has 0 saturated heterocycles. The molecule has 1 N–H and O–H groups in total. The Bertz CT molecular complexity index is 252. The fourth-order valence-corrected chi connectivity index (χ4v) is 2.34. The average molecular weight is 181 g/mol. The summed E-state index contributed by atoms with van der Waals surface area (Å²) in [6, 6.07) is 5.92. The van der Waals surface area contributed by atoms with Crippen molar-refractivity contribution in [2.75, 3.05) is 6.61 Å². The molecule has 3 heteroatoms. The van der Waals surface area contributed by atoms with Crippen LogP contribution in [0.3, 0.4) is 0 Å². The standard InChI is InChI=1S/C9H11NOS/c11-6-7-5-8(7)12-9-3-1-2-4-10-9/h1-4,7-8,11H,5-6H2. The van der Waals surface area contributed by atoms with Crippen molar-refractivity contribution in [3.05, 3.63) is 24.4 Å². The lowest BCUT2D eigenvalue weighted by atomic mass is 10.5. The van der Waals surface area contributed by atoms with Gasteiger partial charge in [0.1, 0.15) is 0 Å². The predicted octanol–water partition coefficient (Wildman–Crippen LogP) is 1.55. The molecule has 1 aliphatic rings. The molecule has 12 heavy (non-hydrogen) atoms. The Kier molecular flexibility index (Phi) is 2.33.